The van der Waals surface area contributed by atoms with Gasteiger partial charge in [0.05, 0.1) is 6.61 Å². The first-order valence-electron chi connectivity index (χ1n) is 8.29. The van der Waals surface area contributed by atoms with Gasteiger partial charge < -0.3 is 14.7 Å². The summed E-state index contributed by atoms with van der Waals surface area (Å²) in [6.07, 6.45) is 5.85. The van der Waals surface area contributed by atoms with Crippen LogP contribution >= 0.6 is 0 Å². The van der Waals surface area contributed by atoms with Crippen molar-refractivity contribution >= 4 is 0 Å². The van der Waals surface area contributed by atoms with E-state index in [0.29, 0.717) is 12.4 Å². The fourth-order valence-corrected chi connectivity index (χ4v) is 4.30. The van der Waals surface area contributed by atoms with Crippen LogP contribution in [0.4, 0.5) is 0 Å². The zero-order valence-corrected chi connectivity index (χ0v) is 13.2. The van der Waals surface area contributed by atoms with E-state index < -0.39 is 0 Å². The van der Waals surface area contributed by atoms with Crippen LogP contribution in [-0.4, -0.2) is 30.2 Å². The molecule has 0 amide bonds. The monoisotopic (exact) mass is 289 g/mol. The highest BCUT2D eigenvalue weighted by molar-refractivity contribution is 5.41. The van der Waals surface area contributed by atoms with E-state index in [-0.39, 0.29) is 5.75 Å². The van der Waals surface area contributed by atoms with E-state index >= 15 is 0 Å². The zero-order valence-electron chi connectivity index (χ0n) is 13.2. The molecule has 0 radical (unpaired) electrons. The van der Waals surface area contributed by atoms with Crippen LogP contribution in [0.5, 0.6) is 11.5 Å². The van der Waals surface area contributed by atoms with Gasteiger partial charge in [-0.15, -0.1) is 0 Å². The van der Waals surface area contributed by atoms with E-state index in [1.54, 1.807) is 6.07 Å². The van der Waals surface area contributed by atoms with Crippen molar-refractivity contribution in [1.82, 2.24) is 4.90 Å². The fourth-order valence-electron chi connectivity index (χ4n) is 4.30. The Morgan fingerprint density at radius 1 is 1.29 bits per heavy atom. The van der Waals surface area contributed by atoms with Crippen molar-refractivity contribution in [3.63, 3.8) is 0 Å². The topological polar surface area (TPSA) is 32.7 Å². The minimum Gasteiger partial charge on any atom is -0.504 e. The van der Waals surface area contributed by atoms with Gasteiger partial charge in [-0.1, -0.05) is 12.5 Å². The molecule has 116 valence electrons. The minimum absolute atomic E-state index is 0.233. The first-order valence-corrected chi connectivity index (χ1v) is 8.29. The summed E-state index contributed by atoms with van der Waals surface area (Å²) in [7, 11) is 2.21. The number of benzene rings is 1. The number of phenols is 1. The van der Waals surface area contributed by atoms with Gasteiger partial charge >= 0.3 is 0 Å². The van der Waals surface area contributed by atoms with E-state index in [9.17, 15) is 5.11 Å². The second kappa shape index (κ2) is 6.27. The Balaban J connectivity index is 1.57. The molecule has 3 atom stereocenters. The lowest BCUT2D eigenvalue weighted by Gasteiger charge is -2.27. The molecule has 2 fully saturated rings. The average molecular weight is 289 g/mol. The van der Waals surface area contributed by atoms with Gasteiger partial charge in [0.1, 0.15) is 0 Å². The summed E-state index contributed by atoms with van der Waals surface area (Å²) >= 11 is 0. The number of rotatable bonds is 6. The van der Waals surface area contributed by atoms with Crippen molar-refractivity contribution in [2.75, 3.05) is 20.2 Å². The Kier molecular flexibility index (Phi) is 4.39. The Morgan fingerprint density at radius 3 is 2.81 bits per heavy atom. The van der Waals surface area contributed by atoms with Crippen LogP contribution in [-0.2, 0) is 6.54 Å². The number of aromatic hydroxyl groups is 1. The molecular weight excluding hydrogens is 262 g/mol. The van der Waals surface area contributed by atoms with Gasteiger partial charge in [0.25, 0.3) is 0 Å². The van der Waals surface area contributed by atoms with Crippen molar-refractivity contribution < 1.29 is 9.84 Å². The van der Waals surface area contributed by atoms with Gasteiger partial charge in [0.2, 0.25) is 0 Å². The van der Waals surface area contributed by atoms with Crippen LogP contribution in [0.2, 0.25) is 0 Å². The molecule has 3 nitrogen and oxygen atoms in total. The molecule has 3 unspecified atom stereocenters. The second-order valence-corrected chi connectivity index (χ2v) is 6.87. The lowest BCUT2D eigenvalue weighted by Crippen LogP contribution is -2.28. The molecule has 0 heterocycles. The molecule has 3 heteroatoms. The van der Waals surface area contributed by atoms with Crippen molar-refractivity contribution in [3.8, 4) is 11.5 Å². The summed E-state index contributed by atoms with van der Waals surface area (Å²) in [6, 6.07) is 5.71. The summed E-state index contributed by atoms with van der Waals surface area (Å²) in [4.78, 5) is 2.42. The average Bonchev–Trinajstić information content (AvgIpc) is 3.05. The largest absolute Gasteiger partial charge is 0.504 e. The Morgan fingerprint density at radius 2 is 2.14 bits per heavy atom. The molecular formula is C18H27NO2. The van der Waals surface area contributed by atoms with Crippen molar-refractivity contribution in [1.29, 1.82) is 0 Å². The van der Waals surface area contributed by atoms with Crippen molar-refractivity contribution in [2.45, 2.75) is 39.2 Å². The highest BCUT2D eigenvalue weighted by atomic mass is 16.5. The number of hydrogen-bond donors (Lipinski definition) is 1. The summed E-state index contributed by atoms with van der Waals surface area (Å²) < 4.78 is 5.46. The third-order valence-electron chi connectivity index (χ3n) is 5.21. The molecule has 0 aliphatic heterocycles. The smallest absolute Gasteiger partial charge is 0.161 e. The number of nitrogens with zero attached hydrogens (tertiary/aromatic N) is 1. The van der Waals surface area contributed by atoms with Crippen molar-refractivity contribution in [2.24, 2.45) is 17.8 Å². The number of ether oxygens (including phenoxy) is 1. The molecule has 2 bridgehead atoms. The highest BCUT2D eigenvalue weighted by Crippen LogP contribution is 2.48. The molecule has 1 N–H and O–H groups in total. The van der Waals surface area contributed by atoms with Crippen LogP contribution in [0, 0.1) is 17.8 Å². The van der Waals surface area contributed by atoms with Crippen LogP contribution in [0.1, 0.15) is 38.2 Å². The fraction of sp³-hybridized carbons (Fsp3) is 0.667. The van der Waals surface area contributed by atoms with Crippen molar-refractivity contribution in [3.05, 3.63) is 23.8 Å². The lowest BCUT2D eigenvalue weighted by atomic mass is 9.88. The number of hydrogen-bond acceptors (Lipinski definition) is 3. The Bertz CT molecular complexity index is 488. The molecule has 2 aliphatic rings. The van der Waals surface area contributed by atoms with Crippen LogP contribution in [0.25, 0.3) is 0 Å². The maximum Gasteiger partial charge on any atom is 0.161 e. The standard InChI is InChI=1S/C18H27NO2/c1-3-21-18-10-14(5-7-17(18)20)11-19(2)12-16-9-13-4-6-15(16)8-13/h5,7,10,13,15-16,20H,3-4,6,8-9,11-12H2,1-2H3. The van der Waals surface area contributed by atoms with Crippen LogP contribution in [0.3, 0.4) is 0 Å². The maximum atomic E-state index is 9.76. The quantitative estimate of drug-likeness (QED) is 0.867. The van der Waals surface area contributed by atoms with E-state index in [2.05, 4.69) is 11.9 Å². The lowest BCUT2D eigenvalue weighted by molar-refractivity contribution is 0.214. The minimum atomic E-state index is 0.233. The molecule has 21 heavy (non-hydrogen) atoms. The first-order chi connectivity index (χ1) is 10.2. The second-order valence-electron chi connectivity index (χ2n) is 6.87. The van der Waals surface area contributed by atoms with Gasteiger partial charge in [0.15, 0.2) is 11.5 Å². The Labute approximate surface area is 127 Å². The van der Waals surface area contributed by atoms with Gasteiger partial charge in [-0.05, 0) is 68.7 Å². The van der Waals surface area contributed by atoms with Crippen LogP contribution < -0.4 is 4.74 Å². The molecule has 0 spiro atoms. The normalized spacial score (nSPS) is 27.5. The molecule has 3 rings (SSSR count). The molecule has 2 saturated carbocycles. The van der Waals surface area contributed by atoms with E-state index in [1.165, 1.54) is 37.8 Å². The van der Waals surface area contributed by atoms with E-state index in [4.69, 9.17) is 4.74 Å². The van der Waals surface area contributed by atoms with Gasteiger partial charge in [-0.3, -0.25) is 0 Å². The number of fused-ring (bicyclic) bond motifs is 2. The Hall–Kier alpha value is -1.22. The SMILES string of the molecule is CCOc1cc(CN(C)CC2CC3CCC2C3)ccc1O. The summed E-state index contributed by atoms with van der Waals surface area (Å²) in [6.45, 7) is 4.64. The molecule has 1 aromatic carbocycles. The molecule has 0 aromatic heterocycles. The summed E-state index contributed by atoms with van der Waals surface area (Å²) in [5.41, 5.74) is 1.21. The predicted molar refractivity (Wildman–Crippen MR) is 84.5 cm³/mol. The maximum absolute atomic E-state index is 9.76. The molecule has 0 saturated heterocycles. The molecule has 2 aliphatic carbocycles. The van der Waals surface area contributed by atoms with Gasteiger partial charge in [0, 0.05) is 13.1 Å². The van der Waals surface area contributed by atoms with Gasteiger partial charge in [-0.2, -0.15) is 0 Å². The predicted octanol–water partition coefficient (Wildman–Crippen LogP) is 3.66. The third kappa shape index (κ3) is 3.34. The molecule has 1 aromatic rings. The highest BCUT2D eigenvalue weighted by Gasteiger charge is 2.39. The first kappa shape index (κ1) is 14.7. The van der Waals surface area contributed by atoms with Crippen LogP contribution in [0.15, 0.2) is 18.2 Å². The third-order valence-corrected chi connectivity index (χ3v) is 5.21. The summed E-state index contributed by atoms with van der Waals surface area (Å²) in [5.74, 6) is 3.74. The number of phenolic OH excluding ortho intramolecular Hbond substituents is 1. The van der Waals surface area contributed by atoms with Gasteiger partial charge in [-0.25, -0.2) is 0 Å². The van der Waals surface area contributed by atoms with E-state index in [1.807, 2.05) is 19.1 Å². The zero-order chi connectivity index (χ0) is 14.8. The van der Waals surface area contributed by atoms with E-state index in [0.717, 1.165) is 24.3 Å². The summed E-state index contributed by atoms with van der Waals surface area (Å²) in [5, 5.41) is 9.76.